The molecular weight excluding hydrogens is 310 g/mol. The van der Waals surface area contributed by atoms with E-state index in [1.54, 1.807) is 18.6 Å². The second kappa shape index (κ2) is 6.56. The van der Waals surface area contributed by atoms with Crippen LogP contribution < -0.4 is 10.9 Å². The number of nitrogens with one attached hydrogen (secondary N) is 2. The molecule has 1 aliphatic carbocycles. The predicted octanol–water partition coefficient (Wildman–Crippen LogP) is 1.39. The number of aryl methyl sites for hydroxylation is 2. The SMILES string of the molecule is COCc1nc(NC(=O)c2c(C)cc(C)n(CC3CC3)c2=O)n[nH]1. The highest BCUT2D eigenvalue weighted by molar-refractivity contribution is 6.04. The van der Waals surface area contributed by atoms with Crippen molar-refractivity contribution in [1.82, 2.24) is 19.7 Å². The second-order valence-corrected chi connectivity index (χ2v) is 6.20. The first-order valence-electron chi connectivity index (χ1n) is 7.92. The number of rotatable bonds is 6. The van der Waals surface area contributed by atoms with Crippen LogP contribution in [0.5, 0.6) is 0 Å². The Morgan fingerprint density at radius 1 is 1.46 bits per heavy atom. The maximum atomic E-state index is 12.7. The smallest absolute Gasteiger partial charge is 0.263 e. The number of pyridine rings is 1. The van der Waals surface area contributed by atoms with E-state index in [4.69, 9.17) is 4.74 Å². The molecule has 8 heteroatoms. The third kappa shape index (κ3) is 3.38. The maximum Gasteiger partial charge on any atom is 0.263 e. The molecule has 2 N–H and O–H groups in total. The third-order valence-corrected chi connectivity index (χ3v) is 4.11. The van der Waals surface area contributed by atoms with Gasteiger partial charge in [-0.25, -0.2) is 0 Å². The summed E-state index contributed by atoms with van der Waals surface area (Å²) in [7, 11) is 1.54. The van der Waals surface area contributed by atoms with Gasteiger partial charge in [0.1, 0.15) is 12.2 Å². The number of hydrogen-bond acceptors (Lipinski definition) is 5. The van der Waals surface area contributed by atoms with Crippen molar-refractivity contribution in [3.05, 3.63) is 39.1 Å². The van der Waals surface area contributed by atoms with Crippen LogP contribution in [-0.2, 0) is 17.9 Å². The molecule has 3 rings (SSSR count). The molecule has 0 atom stereocenters. The molecule has 1 aliphatic rings. The van der Waals surface area contributed by atoms with Gasteiger partial charge in [-0.1, -0.05) is 0 Å². The number of carbonyl (C=O) groups is 1. The Bertz CT molecular complexity index is 820. The highest BCUT2D eigenvalue weighted by atomic mass is 16.5. The number of aromatic nitrogens is 4. The summed E-state index contributed by atoms with van der Waals surface area (Å²) in [5.74, 6) is 0.675. The predicted molar refractivity (Wildman–Crippen MR) is 87.9 cm³/mol. The van der Waals surface area contributed by atoms with Crippen molar-refractivity contribution in [2.75, 3.05) is 12.4 Å². The average molecular weight is 331 g/mol. The van der Waals surface area contributed by atoms with E-state index in [0.29, 0.717) is 23.9 Å². The number of carbonyl (C=O) groups excluding carboxylic acids is 1. The minimum absolute atomic E-state index is 0.125. The summed E-state index contributed by atoms with van der Waals surface area (Å²) < 4.78 is 6.63. The van der Waals surface area contributed by atoms with Gasteiger partial charge in [0.25, 0.3) is 11.5 Å². The monoisotopic (exact) mass is 331 g/mol. The van der Waals surface area contributed by atoms with Crippen molar-refractivity contribution in [3.63, 3.8) is 0 Å². The molecule has 128 valence electrons. The zero-order valence-electron chi connectivity index (χ0n) is 14.0. The van der Waals surface area contributed by atoms with Gasteiger partial charge in [-0.2, -0.15) is 4.98 Å². The molecule has 24 heavy (non-hydrogen) atoms. The standard InChI is InChI=1S/C16H21N5O3/c1-9-6-10(2)21(7-11-4-5-11)15(23)13(9)14(22)18-16-17-12(8-24-3)19-20-16/h6,11H,4-5,7-8H2,1-3H3,(H2,17,18,19,20,22). The number of ether oxygens (including phenoxy) is 1. The number of hydrogen-bond donors (Lipinski definition) is 2. The Labute approximate surface area is 139 Å². The maximum absolute atomic E-state index is 12.7. The fourth-order valence-corrected chi connectivity index (χ4v) is 2.71. The van der Waals surface area contributed by atoms with Gasteiger partial charge >= 0.3 is 0 Å². The first-order chi connectivity index (χ1) is 11.5. The van der Waals surface area contributed by atoms with Crippen LogP contribution in [0, 0.1) is 19.8 Å². The summed E-state index contributed by atoms with van der Waals surface area (Å²) >= 11 is 0. The van der Waals surface area contributed by atoms with Crippen LogP contribution >= 0.6 is 0 Å². The quantitative estimate of drug-likeness (QED) is 0.833. The lowest BCUT2D eigenvalue weighted by atomic mass is 10.1. The van der Waals surface area contributed by atoms with E-state index in [2.05, 4.69) is 20.5 Å². The summed E-state index contributed by atoms with van der Waals surface area (Å²) in [6, 6.07) is 1.87. The molecule has 1 amide bonds. The van der Waals surface area contributed by atoms with Gasteiger partial charge in [0.2, 0.25) is 5.95 Å². The van der Waals surface area contributed by atoms with Crippen molar-refractivity contribution in [2.45, 2.75) is 39.8 Å². The van der Waals surface area contributed by atoms with Crippen molar-refractivity contribution in [3.8, 4) is 0 Å². The molecule has 1 saturated carbocycles. The van der Waals surface area contributed by atoms with E-state index in [-0.39, 0.29) is 23.7 Å². The Balaban J connectivity index is 1.86. The van der Waals surface area contributed by atoms with E-state index in [9.17, 15) is 9.59 Å². The molecule has 2 heterocycles. The summed E-state index contributed by atoms with van der Waals surface area (Å²) in [5, 5.41) is 9.14. The van der Waals surface area contributed by atoms with Gasteiger partial charge in [0.05, 0.1) is 0 Å². The minimum atomic E-state index is -0.495. The zero-order chi connectivity index (χ0) is 17.3. The number of nitrogens with zero attached hydrogens (tertiary/aromatic N) is 3. The Hall–Kier alpha value is -2.48. The topological polar surface area (TPSA) is 102 Å². The fraction of sp³-hybridized carbons (Fsp3) is 0.500. The number of methoxy groups -OCH3 is 1. The molecular formula is C16H21N5O3. The van der Waals surface area contributed by atoms with E-state index in [0.717, 1.165) is 18.5 Å². The molecule has 0 radical (unpaired) electrons. The van der Waals surface area contributed by atoms with Gasteiger partial charge in [-0.15, -0.1) is 5.10 Å². The average Bonchev–Trinajstić information content (AvgIpc) is 3.23. The summed E-state index contributed by atoms with van der Waals surface area (Å²) in [6.45, 7) is 4.59. The highest BCUT2D eigenvalue weighted by Crippen LogP contribution is 2.30. The van der Waals surface area contributed by atoms with Crippen molar-refractivity contribution < 1.29 is 9.53 Å². The van der Waals surface area contributed by atoms with Gasteiger partial charge in [-0.05, 0) is 44.2 Å². The molecule has 0 spiro atoms. The van der Waals surface area contributed by atoms with Gasteiger partial charge < -0.3 is 9.30 Å². The van der Waals surface area contributed by atoms with E-state index < -0.39 is 5.91 Å². The minimum Gasteiger partial charge on any atom is -0.377 e. The lowest BCUT2D eigenvalue weighted by Crippen LogP contribution is -2.32. The summed E-state index contributed by atoms with van der Waals surface area (Å²) in [4.78, 5) is 29.4. The molecule has 8 nitrogen and oxygen atoms in total. The molecule has 1 fully saturated rings. The van der Waals surface area contributed by atoms with Crippen LogP contribution in [0.2, 0.25) is 0 Å². The molecule has 2 aromatic rings. The van der Waals surface area contributed by atoms with Gasteiger partial charge in [-0.3, -0.25) is 20.0 Å². The van der Waals surface area contributed by atoms with Crippen LogP contribution in [0.1, 0.15) is 40.3 Å². The number of amides is 1. The second-order valence-electron chi connectivity index (χ2n) is 6.20. The molecule has 0 bridgehead atoms. The third-order valence-electron chi connectivity index (χ3n) is 4.11. The van der Waals surface area contributed by atoms with E-state index in [1.165, 1.54) is 0 Å². The number of aromatic amines is 1. The van der Waals surface area contributed by atoms with Crippen molar-refractivity contribution >= 4 is 11.9 Å². The Morgan fingerprint density at radius 2 is 2.21 bits per heavy atom. The lowest BCUT2D eigenvalue weighted by molar-refractivity contribution is 0.102. The Kier molecular flexibility index (Phi) is 4.48. The van der Waals surface area contributed by atoms with Crippen LogP contribution in [0.4, 0.5) is 5.95 Å². The normalized spacial score (nSPS) is 14.0. The molecule has 0 saturated heterocycles. The van der Waals surface area contributed by atoms with Gasteiger partial charge in [0, 0.05) is 19.3 Å². The van der Waals surface area contributed by atoms with E-state index in [1.807, 2.05) is 13.0 Å². The molecule has 0 aliphatic heterocycles. The molecule has 2 aromatic heterocycles. The lowest BCUT2D eigenvalue weighted by Gasteiger charge is -2.13. The number of H-pyrrole nitrogens is 1. The van der Waals surface area contributed by atoms with Crippen LogP contribution in [0.3, 0.4) is 0 Å². The van der Waals surface area contributed by atoms with Crippen LogP contribution in [-0.4, -0.2) is 32.8 Å². The summed E-state index contributed by atoms with van der Waals surface area (Å²) in [5.41, 5.74) is 1.40. The van der Waals surface area contributed by atoms with Crippen molar-refractivity contribution in [1.29, 1.82) is 0 Å². The molecule has 0 aromatic carbocycles. The highest BCUT2D eigenvalue weighted by Gasteiger charge is 2.25. The van der Waals surface area contributed by atoms with E-state index >= 15 is 0 Å². The first-order valence-corrected chi connectivity index (χ1v) is 7.92. The molecule has 0 unspecified atom stereocenters. The first kappa shape index (κ1) is 16.4. The summed E-state index contributed by atoms with van der Waals surface area (Å²) in [6.07, 6.45) is 2.28. The fourth-order valence-electron chi connectivity index (χ4n) is 2.71. The van der Waals surface area contributed by atoms with Gasteiger partial charge in [0.15, 0.2) is 5.82 Å². The Morgan fingerprint density at radius 3 is 2.88 bits per heavy atom. The number of anilines is 1. The largest absolute Gasteiger partial charge is 0.377 e. The van der Waals surface area contributed by atoms with Crippen LogP contribution in [0.15, 0.2) is 10.9 Å². The zero-order valence-corrected chi connectivity index (χ0v) is 14.0. The van der Waals surface area contributed by atoms with Crippen molar-refractivity contribution in [2.24, 2.45) is 5.92 Å². The van der Waals surface area contributed by atoms with Crippen LogP contribution in [0.25, 0.3) is 0 Å².